The lowest BCUT2D eigenvalue weighted by atomic mass is 9.81. The van der Waals surface area contributed by atoms with Gasteiger partial charge in [-0.3, -0.25) is 0 Å². The summed E-state index contributed by atoms with van der Waals surface area (Å²) in [5.74, 6) is 0.512. The minimum atomic E-state index is 0.298. The molecule has 2 atom stereocenters. The van der Waals surface area contributed by atoms with Crippen molar-refractivity contribution in [3.8, 4) is 0 Å². The van der Waals surface area contributed by atoms with E-state index in [1.54, 1.807) is 0 Å². The molecule has 0 unspecified atom stereocenters. The summed E-state index contributed by atoms with van der Waals surface area (Å²) < 4.78 is 5.92. The molecule has 0 N–H and O–H groups in total. The van der Waals surface area contributed by atoms with Crippen LogP contribution in [-0.4, -0.2) is 6.61 Å². The van der Waals surface area contributed by atoms with Gasteiger partial charge in [-0.2, -0.15) is 0 Å². The van der Waals surface area contributed by atoms with Crippen LogP contribution in [0.3, 0.4) is 0 Å². The van der Waals surface area contributed by atoms with Gasteiger partial charge in [-0.15, -0.1) is 6.58 Å². The Labute approximate surface area is 98.1 Å². The van der Waals surface area contributed by atoms with Crippen LogP contribution in [0.1, 0.15) is 49.3 Å². The van der Waals surface area contributed by atoms with E-state index in [9.17, 15) is 0 Å². The lowest BCUT2D eigenvalue weighted by molar-refractivity contribution is 0.0398. The first-order valence-corrected chi connectivity index (χ1v) is 6.19. The number of allylic oxidation sites excluding steroid dienone is 1. The molecule has 1 heteroatoms. The molecule has 0 saturated carbocycles. The third-order valence-corrected chi connectivity index (χ3v) is 3.29. The van der Waals surface area contributed by atoms with E-state index in [2.05, 4.69) is 43.8 Å². The van der Waals surface area contributed by atoms with Crippen molar-refractivity contribution in [2.75, 3.05) is 6.61 Å². The van der Waals surface area contributed by atoms with E-state index in [4.69, 9.17) is 4.74 Å². The fourth-order valence-electron chi connectivity index (χ4n) is 2.46. The van der Waals surface area contributed by atoms with Crippen LogP contribution in [-0.2, 0) is 4.74 Å². The molecule has 1 aliphatic rings. The predicted molar refractivity (Wildman–Crippen MR) is 67.6 cm³/mol. The van der Waals surface area contributed by atoms with E-state index in [1.807, 2.05) is 0 Å². The van der Waals surface area contributed by atoms with Gasteiger partial charge in [0.1, 0.15) is 0 Å². The molecule has 1 aromatic rings. The van der Waals surface area contributed by atoms with Gasteiger partial charge in [-0.25, -0.2) is 0 Å². The molecule has 86 valence electrons. The van der Waals surface area contributed by atoms with E-state index in [-0.39, 0.29) is 0 Å². The Morgan fingerprint density at radius 2 is 2.06 bits per heavy atom. The molecule has 0 bridgehead atoms. The summed E-state index contributed by atoms with van der Waals surface area (Å²) >= 11 is 0. The molecular formula is C15H20O. The van der Waals surface area contributed by atoms with Crippen molar-refractivity contribution in [2.24, 2.45) is 0 Å². The SMILES string of the molecule is C=C[C@H]1CC[C@H](OCCC)c2ccccc21. The van der Waals surface area contributed by atoms with E-state index in [1.165, 1.54) is 11.1 Å². The van der Waals surface area contributed by atoms with E-state index in [0.717, 1.165) is 25.9 Å². The van der Waals surface area contributed by atoms with Crippen molar-refractivity contribution in [1.82, 2.24) is 0 Å². The molecular weight excluding hydrogens is 196 g/mol. The van der Waals surface area contributed by atoms with E-state index in [0.29, 0.717) is 12.0 Å². The monoisotopic (exact) mass is 216 g/mol. The van der Waals surface area contributed by atoms with Gasteiger partial charge in [-0.1, -0.05) is 37.3 Å². The zero-order valence-electron chi connectivity index (χ0n) is 9.99. The molecule has 0 aliphatic heterocycles. The Morgan fingerprint density at radius 1 is 1.31 bits per heavy atom. The number of ether oxygens (including phenoxy) is 1. The van der Waals surface area contributed by atoms with Crippen LogP contribution in [0.25, 0.3) is 0 Å². The van der Waals surface area contributed by atoms with Gasteiger partial charge < -0.3 is 4.74 Å². The molecule has 0 aromatic heterocycles. The molecule has 1 aliphatic carbocycles. The van der Waals surface area contributed by atoms with Crippen LogP contribution >= 0.6 is 0 Å². The zero-order valence-corrected chi connectivity index (χ0v) is 9.99. The summed E-state index contributed by atoms with van der Waals surface area (Å²) in [6.07, 6.45) is 5.73. The van der Waals surface area contributed by atoms with Crippen LogP contribution in [0.5, 0.6) is 0 Å². The molecule has 2 rings (SSSR count). The highest BCUT2D eigenvalue weighted by Crippen LogP contribution is 2.39. The Kier molecular flexibility index (Phi) is 3.79. The smallest absolute Gasteiger partial charge is 0.0828 e. The highest BCUT2D eigenvalue weighted by molar-refractivity contribution is 5.36. The average molecular weight is 216 g/mol. The Bertz CT molecular complexity index is 356. The summed E-state index contributed by atoms with van der Waals surface area (Å²) in [5.41, 5.74) is 2.77. The Balaban J connectivity index is 2.24. The first-order chi connectivity index (χ1) is 7.86. The summed E-state index contributed by atoms with van der Waals surface area (Å²) in [5, 5.41) is 0. The number of hydrogen-bond acceptors (Lipinski definition) is 1. The minimum Gasteiger partial charge on any atom is -0.374 e. The van der Waals surface area contributed by atoms with Crippen molar-refractivity contribution in [3.05, 3.63) is 48.0 Å². The van der Waals surface area contributed by atoms with Gasteiger partial charge in [0.2, 0.25) is 0 Å². The summed E-state index contributed by atoms with van der Waals surface area (Å²) in [6, 6.07) is 8.62. The molecule has 1 nitrogen and oxygen atoms in total. The van der Waals surface area contributed by atoms with Gasteiger partial charge in [0.05, 0.1) is 6.10 Å². The first kappa shape index (κ1) is 11.4. The molecule has 16 heavy (non-hydrogen) atoms. The highest BCUT2D eigenvalue weighted by Gasteiger charge is 2.25. The Hall–Kier alpha value is -1.08. The maximum atomic E-state index is 5.92. The lowest BCUT2D eigenvalue weighted by Crippen LogP contribution is -2.16. The van der Waals surface area contributed by atoms with Crippen LogP contribution in [0, 0.1) is 0 Å². The maximum absolute atomic E-state index is 5.92. The molecule has 0 saturated heterocycles. The Morgan fingerprint density at radius 3 is 2.75 bits per heavy atom. The standard InChI is InChI=1S/C15H20O/c1-3-11-16-15-10-9-12(4-2)13-7-5-6-8-14(13)15/h4-8,12,15H,2-3,9-11H2,1H3/t12-,15-/m0/s1. The fraction of sp³-hybridized carbons (Fsp3) is 0.467. The van der Waals surface area contributed by atoms with E-state index < -0.39 is 0 Å². The largest absolute Gasteiger partial charge is 0.374 e. The van der Waals surface area contributed by atoms with Crippen molar-refractivity contribution < 1.29 is 4.74 Å². The van der Waals surface area contributed by atoms with Gasteiger partial charge in [0, 0.05) is 12.5 Å². The van der Waals surface area contributed by atoms with Crippen molar-refractivity contribution in [1.29, 1.82) is 0 Å². The molecule has 0 radical (unpaired) electrons. The summed E-state index contributed by atoms with van der Waals surface area (Å²) in [6.45, 7) is 6.94. The highest BCUT2D eigenvalue weighted by atomic mass is 16.5. The lowest BCUT2D eigenvalue weighted by Gasteiger charge is -2.30. The predicted octanol–water partition coefficient (Wildman–Crippen LogP) is 4.22. The second-order valence-electron chi connectivity index (χ2n) is 4.41. The second-order valence-corrected chi connectivity index (χ2v) is 4.41. The average Bonchev–Trinajstić information content (AvgIpc) is 2.36. The molecule has 1 aromatic carbocycles. The van der Waals surface area contributed by atoms with Crippen LogP contribution in [0.15, 0.2) is 36.9 Å². The molecule has 0 spiro atoms. The molecule has 0 amide bonds. The van der Waals surface area contributed by atoms with Crippen molar-refractivity contribution in [3.63, 3.8) is 0 Å². The third kappa shape index (κ3) is 2.19. The first-order valence-electron chi connectivity index (χ1n) is 6.19. The van der Waals surface area contributed by atoms with Crippen molar-refractivity contribution in [2.45, 2.75) is 38.2 Å². The topological polar surface area (TPSA) is 9.23 Å². The normalized spacial score (nSPS) is 23.8. The zero-order chi connectivity index (χ0) is 11.4. The second kappa shape index (κ2) is 5.31. The number of benzene rings is 1. The molecule has 0 fully saturated rings. The van der Waals surface area contributed by atoms with Gasteiger partial charge in [0.25, 0.3) is 0 Å². The quantitative estimate of drug-likeness (QED) is 0.685. The van der Waals surface area contributed by atoms with Crippen LogP contribution in [0.2, 0.25) is 0 Å². The van der Waals surface area contributed by atoms with Crippen molar-refractivity contribution >= 4 is 0 Å². The number of fused-ring (bicyclic) bond motifs is 1. The number of hydrogen-bond donors (Lipinski definition) is 0. The maximum Gasteiger partial charge on any atom is 0.0828 e. The molecule has 0 heterocycles. The van der Waals surface area contributed by atoms with Gasteiger partial charge >= 0.3 is 0 Å². The third-order valence-electron chi connectivity index (χ3n) is 3.29. The van der Waals surface area contributed by atoms with E-state index >= 15 is 0 Å². The van der Waals surface area contributed by atoms with Crippen LogP contribution in [0.4, 0.5) is 0 Å². The fourth-order valence-corrected chi connectivity index (χ4v) is 2.46. The summed E-state index contributed by atoms with van der Waals surface area (Å²) in [4.78, 5) is 0. The number of rotatable bonds is 4. The van der Waals surface area contributed by atoms with Crippen LogP contribution < -0.4 is 0 Å². The summed E-state index contributed by atoms with van der Waals surface area (Å²) in [7, 11) is 0. The van der Waals surface area contributed by atoms with Gasteiger partial charge in [-0.05, 0) is 30.4 Å². The van der Waals surface area contributed by atoms with Gasteiger partial charge in [0.15, 0.2) is 0 Å². The minimum absolute atomic E-state index is 0.298.